The number of rotatable bonds is 8. The third-order valence-electron chi connectivity index (χ3n) is 4.77. The molecule has 1 atom stereocenters. The number of alkyl carbamates (subject to hydrolysis) is 1. The molecule has 2 aromatic rings. The zero-order valence-electron chi connectivity index (χ0n) is 21.2. The number of aromatic nitrogens is 2. The number of carbonyl (C=O) groups is 2. The zero-order valence-corrected chi connectivity index (χ0v) is 21.2. The first-order valence-corrected chi connectivity index (χ1v) is 11.2. The lowest BCUT2D eigenvalue weighted by Crippen LogP contribution is -2.45. The molecule has 1 amide bonds. The van der Waals surface area contributed by atoms with Gasteiger partial charge in [0.15, 0.2) is 0 Å². The molecule has 0 spiro atoms. The van der Waals surface area contributed by atoms with Crippen molar-refractivity contribution in [3.05, 3.63) is 46.0 Å². The van der Waals surface area contributed by atoms with Crippen molar-refractivity contribution in [1.82, 2.24) is 14.9 Å². The average molecular weight is 474 g/mol. The first-order valence-electron chi connectivity index (χ1n) is 11.2. The Hall–Kier alpha value is -3.36. The fourth-order valence-corrected chi connectivity index (χ4v) is 3.29. The van der Waals surface area contributed by atoms with Gasteiger partial charge in [-0.05, 0) is 45.2 Å². The number of hydrogen-bond acceptors (Lipinski definition) is 7. The molecule has 1 N–H and O–H groups in total. The summed E-state index contributed by atoms with van der Waals surface area (Å²) in [7, 11) is 3.18. The molecule has 0 aliphatic heterocycles. The molecular formula is C25H35N3O6. The van der Waals surface area contributed by atoms with Gasteiger partial charge in [-0.1, -0.05) is 19.9 Å². The summed E-state index contributed by atoms with van der Waals surface area (Å²) in [6.07, 6.45) is 2.70. The van der Waals surface area contributed by atoms with Crippen LogP contribution in [0.1, 0.15) is 45.7 Å². The summed E-state index contributed by atoms with van der Waals surface area (Å²) in [5.41, 5.74) is 1.35. The average Bonchev–Trinajstić information content (AvgIpc) is 2.73. The van der Waals surface area contributed by atoms with Crippen molar-refractivity contribution < 1.29 is 23.8 Å². The van der Waals surface area contributed by atoms with E-state index in [2.05, 4.69) is 10.3 Å². The van der Waals surface area contributed by atoms with E-state index in [1.54, 1.807) is 52.3 Å². The SMILES string of the molecule is COc1c(C)cn(C)c(=O)c1-c1ccc(C[C@H](NC(=O)OC(C)(C)C)C(=O)OCC(C)C)cn1. The number of nitrogens with one attached hydrogen (secondary N) is 1. The molecule has 0 aliphatic rings. The summed E-state index contributed by atoms with van der Waals surface area (Å²) in [5.74, 6) is 0.0574. The van der Waals surface area contributed by atoms with Crippen LogP contribution in [0.15, 0.2) is 29.3 Å². The molecule has 2 heterocycles. The summed E-state index contributed by atoms with van der Waals surface area (Å²) >= 11 is 0. The van der Waals surface area contributed by atoms with Crippen molar-refractivity contribution in [2.24, 2.45) is 13.0 Å². The Balaban J connectivity index is 2.30. The summed E-state index contributed by atoms with van der Waals surface area (Å²) in [4.78, 5) is 42.1. The largest absolute Gasteiger partial charge is 0.496 e. The van der Waals surface area contributed by atoms with Gasteiger partial charge in [0.1, 0.15) is 23.0 Å². The van der Waals surface area contributed by atoms with Crippen molar-refractivity contribution >= 4 is 12.1 Å². The molecule has 0 aromatic carbocycles. The second-order valence-electron chi connectivity index (χ2n) is 9.61. The van der Waals surface area contributed by atoms with Gasteiger partial charge in [0.05, 0.1) is 19.4 Å². The van der Waals surface area contributed by atoms with Gasteiger partial charge in [-0.15, -0.1) is 0 Å². The number of nitrogens with zero attached hydrogens (tertiary/aromatic N) is 2. The number of esters is 1. The van der Waals surface area contributed by atoms with Crippen molar-refractivity contribution in [3.8, 4) is 17.0 Å². The molecule has 0 radical (unpaired) electrons. The lowest BCUT2D eigenvalue weighted by Gasteiger charge is -2.23. The molecule has 2 rings (SSSR count). The Kier molecular flexibility index (Phi) is 8.84. The van der Waals surface area contributed by atoms with Crippen LogP contribution in [-0.2, 0) is 27.7 Å². The molecule has 34 heavy (non-hydrogen) atoms. The molecule has 0 saturated carbocycles. The molecule has 0 fully saturated rings. The fourth-order valence-electron chi connectivity index (χ4n) is 3.29. The van der Waals surface area contributed by atoms with Crippen LogP contribution in [0.25, 0.3) is 11.3 Å². The van der Waals surface area contributed by atoms with Crippen molar-refractivity contribution in [2.45, 2.75) is 59.6 Å². The van der Waals surface area contributed by atoms with E-state index < -0.39 is 23.7 Å². The highest BCUT2D eigenvalue weighted by atomic mass is 16.6. The van der Waals surface area contributed by atoms with E-state index in [9.17, 15) is 14.4 Å². The maximum Gasteiger partial charge on any atom is 0.408 e. The number of methoxy groups -OCH3 is 1. The van der Waals surface area contributed by atoms with Crippen LogP contribution in [0.3, 0.4) is 0 Å². The number of carbonyl (C=O) groups excluding carboxylic acids is 2. The maximum atomic E-state index is 12.7. The van der Waals surface area contributed by atoms with Crippen LogP contribution >= 0.6 is 0 Å². The third-order valence-corrected chi connectivity index (χ3v) is 4.77. The first-order chi connectivity index (χ1) is 15.8. The Morgan fingerprint density at radius 3 is 2.41 bits per heavy atom. The highest BCUT2D eigenvalue weighted by Gasteiger charge is 2.26. The van der Waals surface area contributed by atoms with Crippen molar-refractivity contribution in [1.29, 1.82) is 0 Å². The monoisotopic (exact) mass is 473 g/mol. The molecule has 9 heteroatoms. The number of amides is 1. The molecular weight excluding hydrogens is 438 g/mol. The van der Waals surface area contributed by atoms with Gasteiger partial charge in [-0.25, -0.2) is 9.59 Å². The van der Waals surface area contributed by atoms with Crippen molar-refractivity contribution in [3.63, 3.8) is 0 Å². The number of aryl methyl sites for hydroxylation is 2. The van der Waals surface area contributed by atoms with Crippen molar-refractivity contribution in [2.75, 3.05) is 13.7 Å². The quantitative estimate of drug-likeness (QED) is 0.585. The minimum absolute atomic E-state index is 0.145. The second kappa shape index (κ2) is 11.2. The van der Waals surface area contributed by atoms with Crippen LogP contribution in [-0.4, -0.2) is 47.0 Å². The van der Waals surface area contributed by atoms with Crippen LogP contribution in [0, 0.1) is 12.8 Å². The van der Waals surface area contributed by atoms with Gasteiger partial charge in [0.25, 0.3) is 5.56 Å². The van der Waals surface area contributed by atoms with Gasteiger partial charge in [0.2, 0.25) is 0 Å². The Morgan fingerprint density at radius 2 is 1.88 bits per heavy atom. The van der Waals surface area contributed by atoms with E-state index in [1.807, 2.05) is 20.8 Å². The minimum Gasteiger partial charge on any atom is -0.496 e. The Morgan fingerprint density at radius 1 is 1.21 bits per heavy atom. The summed E-state index contributed by atoms with van der Waals surface area (Å²) in [6.45, 7) is 11.2. The third kappa shape index (κ3) is 7.33. The summed E-state index contributed by atoms with van der Waals surface area (Å²) in [5, 5.41) is 2.60. The van der Waals surface area contributed by atoms with E-state index in [1.165, 1.54) is 11.7 Å². The van der Waals surface area contributed by atoms with Crippen LogP contribution in [0.2, 0.25) is 0 Å². The molecule has 0 aliphatic carbocycles. The summed E-state index contributed by atoms with van der Waals surface area (Å²) < 4.78 is 17.6. The normalized spacial score (nSPS) is 12.3. The molecule has 0 saturated heterocycles. The van der Waals surface area contributed by atoms with Crippen LogP contribution in [0.5, 0.6) is 5.75 Å². The highest BCUT2D eigenvalue weighted by Crippen LogP contribution is 2.28. The van der Waals surface area contributed by atoms with E-state index in [0.717, 1.165) is 5.56 Å². The van der Waals surface area contributed by atoms with Crippen LogP contribution in [0.4, 0.5) is 4.79 Å². The molecule has 186 valence electrons. The van der Waals surface area contributed by atoms with E-state index in [-0.39, 0.29) is 24.5 Å². The smallest absolute Gasteiger partial charge is 0.408 e. The Bertz CT molecular complexity index is 1070. The van der Waals surface area contributed by atoms with Gasteiger partial charge in [-0.2, -0.15) is 0 Å². The molecule has 9 nitrogen and oxygen atoms in total. The lowest BCUT2D eigenvalue weighted by molar-refractivity contribution is -0.147. The zero-order chi connectivity index (χ0) is 25.6. The fraction of sp³-hybridized carbons (Fsp3) is 0.520. The number of ether oxygens (including phenoxy) is 3. The van der Waals surface area contributed by atoms with E-state index in [0.29, 0.717) is 22.6 Å². The highest BCUT2D eigenvalue weighted by molar-refractivity contribution is 5.81. The lowest BCUT2D eigenvalue weighted by atomic mass is 10.0. The van der Waals surface area contributed by atoms with Crippen LogP contribution < -0.4 is 15.6 Å². The topological polar surface area (TPSA) is 109 Å². The standard InChI is InChI=1S/C25H35N3O6/c1-15(2)14-33-23(30)19(27-24(31)34-25(4,5)6)11-17-9-10-18(26-12-17)20-21(32-8)16(3)13-28(7)22(20)29/h9-10,12-13,15,19H,11,14H2,1-8H3,(H,27,31)/t19-/m0/s1. The van der Waals surface area contributed by atoms with E-state index in [4.69, 9.17) is 14.2 Å². The number of hydrogen-bond donors (Lipinski definition) is 1. The predicted octanol–water partition coefficient (Wildman–Crippen LogP) is 3.40. The molecule has 0 unspecified atom stereocenters. The molecule has 2 aromatic heterocycles. The van der Waals surface area contributed by atoms with Gasteiger partial charge < -0.3 is 24.1 Å². The van der Waals surface area contributed by atoms with E-state index >= 15 is 0 Å². The minimum atomic E-state index is -0.956. The first kappa shape index (κ1) is 26.9. The predicted molar refractivity (Wildman–Crippen MR) is 129 cm³/mol. The van der Waals surface area contributed by atoms with Gasteiger partial charge in [-0.3, -0.25) is 9.78 Å². The molecule has 0 bridgehead atoms. The van der Waals surface area contributed by atoms with Gasteiger partial charge >= 0.3 is 12.1 Å². The Labute approximate surface area is 200 Å². The number of pyridine rings is 2. The summed E-state index contributed by atoms with van der Waals surface area (Å²) in [6, 6.07) is 2.49. The maximum absolute atomic E-state index is 12.7. The second-order valence-corrected chi connectivity index (χ2v) is 9.61. The van der Waals surface area contributed by atoms with Gasteiger partial charge in [0, 0.05) is 31.4 Å².